The number of nitrogens with zero attached hydrogens (tertiary/aromatic N) is 1. The van der Waals surface area contributed by atoms with Crippen LogP contribution in [0.15, 0.2) is 23.1 Å². The summed E-state index contributed by atoms with van der Waals surface area (Å²) in [7, 11) is -3.78. The molecule has 1 amide bonds. The van der Waals surface area contributed by atoms with Crippen molar-refractivity contribution in [3.8, 4) is 0 Å². The fraction of sp³-hybridized carbons (Fsp3) is 0.632. The summed E-state index contributed by atoms with van der Waals surface area (Å²) >= 11 is 0. The maximum absolute atomic E-state index is 14.3. The number of carbonyl (C=O) groups excluding carboxylic acids is 1. The van der Waals surface area contributed by atoms with Crippen molar-refractivity contribution in [3.05, 3.63) is 29.6 Å². The van der Waals surface area contributed by atoms with Gasteiger partial charge in [-0.05, 0) is 36.5 Å². The summed E-state index contributed by atoms with van der Waals surface area (Å²) in [6.07, 6.45) is 2.99. The Hall–Kier alpha value is -1.51. The molecule has 1 aromatic carbocycles. The molecule has 3 atom stereocenters. The van der Waals surface area contributed by atoms with Gasteiger partial charge in [-0.15, -0.1) is 0 Å². The van der Waals surface area contributed by atoms with Crippen LogP contribution in [0, 0.1) is 17.7 Å². The lowest BCUT2D eigenvalue weighted by molar-refractivity contribution is 0.0730. The average molecular weight is 399 g/mol. The van der Waals surface area contributed by atoms with Crippen molar-refractivity contribution in [2.24, 2.45) is 11.8 Å². The van der Waals surface area contributed by atoms with E-state index in [1.807, 2.05) is 0 Å². The lowest BCUT2D eigenvalue weighted by Crippen LogP contribution is -2.44. The van der Waals surface area contributed by atoms with Crippen LogP contribution in [-0.2, 0) is 14.8 Å². The third kappa shape index (κ3) is 4.33. The Morgan fingerprint density at radius 3 is 2.63 bits per heavy atom. The van der Waals surface area contributed by atoms with Crippen LogP contribution in [0.5, 0.6) is 0 Å². The number of nitrogens with one attached hydrogen (secondary N) is 1. The van der Waals surface area contributed by atoms with Gasteiger partial charge in [-0.25, -0.2) is 12.8 Å². The Morgan fingerprint density at radius 1 is 1.22 bits per heavy atom. The molecule has 0 bridgehead atoms. The van der Waals surface area contributed by atoms with Gasteiger partial charge in [0.05, 0.1) is 23.7 Å². The molecule has 27 heavy (non-hydrogen) atoms. The summed E-state index contributed by atoms with van der Waals surface area (Å²) in [4.78, 5) is 12.6. The zero-order valence-corrected chi connectivity index (χ0v) is 16.6. The molecular formula is C19H27FN2O4S. The molecule has 0 spiro atoms. The first-order chi connectivity index (χ1) is 12.8. The van der Waals surface area contributed by atoms with Gasteiger partial charge < -0.3 is 10.1 Å². The van der Waals surface area contributed by atoms with E-state index in [1.165, 1.54) is 10.4 Å². The molecule has 0 radical (unpaired) electrons. The number of amides is 1. The van der Waals surface area contributed by atoms with Gasteiger partial charge in [0.1, 0.15) is 5.82 Å². The number of rotatable bonds is 4. The topological polar surface area (TPSA) is 75.7 Å². The van der Waals surface area contributed by atoms with Gasteiger partial charge in [-0.2, -0.15) is 4.31 Å². The van der Waals surface area contributed by atoms with Gasteiger partial charge in [-0.1, -0.05) is 26.7 Å². The smallest absolute Gasteiger partial charge is 0.254 e. The summed E-state index contributed by atoms with van der Waals surface area (Å²) in [5.74, 6) is -0.490. The summed E-state index contributed by atoms with van der Waals surface area (Å²) in [5.41, 5.74) is -0.227. The highest BCUT2D eigenvalue weighted by Gasteiger charge is 2.31. The van der Waals surface area contributed by atoms with Crippen LogP contribution >= 0.6 is 0 Å². The minimum absolute atomic E-state index is 0.0276. The second-order valence-electron chi connectivity index (χ2n) is 7.51. The first-order valence-corrected chi connectivity index (χ1v) is 10.9. The molecule has 1 aliphatic carbocycles. The van der Waals surface area contributed by atoms with E-state index in [0.717, 1.165) is 31.4 Å². The van der Waals surface area contributed by atoms with Crippen molar-refractivity contribution in [1.29, 1.82) is 0 Å². The van der Waals surface area contributed by atoms with Crippen LogP contribution in [0.4, 0.5) is 4.39 Å². The van der Waals surface area contributed by atoms with E-state index in [-0.39, 0.29) is 29.6 Å². The third-order valence-electron chi connectivity index (χ3n) is 5.81. The van der Waals surface area contributed by atoms with Gasteiger partial charge in [-0.3, -0.25) is 4.79 Å². The molecule has 1 aliphatic heterocycles. The number of ether oxygens (including phenoxy) is 1. The molecule has 8 heteroatoms. The van der Waals surface area contributed by atoms with E-state index in [4.69, 9.17) is 4.74 Å². The van der Waals surface area contributed by atoms with Crippen molar-refractivity contribution in [2.75, 3.05) is 26.3 Å². The molecule has 0 unspecified atom stereocenters. The number of benzene rings is 1. The largest absolute Gasteiger partial charge is 0.379 e. The van der Waals surface area contributed by atoms with E-state index >= 15 is 0 Å². The predicted octanol–water partition coefficient (Wildman–Crippen LogP) is 2.40. The van der Waals surface area contributed by atoms with E-state index in [1.54, 1.807) is 0 Å². The summed E-state index contributed by atoms with van der Waals surface area (Å²) in [6.45, 7) is 5.39. The fourth-order valence-electron chi connectivity index (χ4n) is 3.81. The molecular weight excluding hydrogens is 371 g/mol. The maximum atomic E-state index is 14.3. The minimum atomic E-state index is -3.78. The SMILES string of the molecule is C[C@H]1[C@@H](NC(=O)c2cc(S(=O)(=O)N3CCOCC3)ccc2F)CCC[C@@H]1C. The van der Waals surface area contributed by atoms with Crippen molar-refractivity contribution in [2.45, 2.75) is 44.0 Å². The Bertz CT molecular complexity index is 793. The first kappa shape index (κ1) is 20.2. The van der Waals surface area contributed by atoms with E-state index < -0.39 is 21.7 Å². The second-order valence-corrected chi connectivity index (χ2v) is 9.44. The van der Waals surface area contributed by atoms with Crippen molar-refractivity contribution >= 4 is 15.9 Å². The molecule has 1 N–H and O–H groups in total. The van der Waals surface area contributed by atoms with Gasteiger partial charge >= 0.3 is 0 Å². The van der Waals surface area contributed by atoms with Crippen LogP contribution in [0.3, 0.4) is 0 Å². The number of hydrogen-bond donors (Lipinski definition) is 1. The average Bonchev–Trinajstić information content (AvgIpc) is 2.66. The highest BCUT2D eigenvalue weighted by Crippen LogP contribution is 2.30. The van der Waals surface area contributed by atoms with Crippen LogP contribution in [0.1, 0.15) is 43.5 Å². The molecule has 1 heterocycles. The van der Waals surface area contributed by atoms with Crippen molar-refractivity contribution in [3.63, 3.8) is 0 Å². The number of sulfonamides is 1. The Morgan fingerprint density at radius 2 is 1.93 bits per heavy atom. The molecule has 2 aliphatic rings. The van der Waals surface area contributed by atoms with E-state index in [9.17, 15) is 17.6 Å². The molecule has 3 rings (SSSR count). The highest BCUT2D eigenvalue weighted by atomic mass is 32.2. The molecule has 1 saturated carbocycles. The van der Waals surface area contributed by atoms with Gasteiger partial charge in [0.15, 0.2) is 0 Å². The Kier molecular flexibility index (Phi) is 6.18. The Balaban J connectivity index is 1.81. The predicted molar refractivity (Wildman–Crippen MR) is 99.4 cm³/mol. The van der Waals surface area contributed by atoms with Crippen molar-refractivity contribution in [1.82, 2.24) is 9.62 Å². The number of hydrogen-bond acceptors (Lipinski definition) is 4. The standard InChI is InChI=1S/C19H27FN2O4S/c1-13-4-3-5-18(14(13)2)21-19(23)16-12-15(6-7-17(16)20)27(24,25)22-8-10-26-11-9-22/h6-7,12-14,18H,3-5,8-11H2,1-2H3,(H,21,23)/t13-,14+,18-/m0/s1. The summed E-state index contributed by atoms with van der Waals surface area (Å²) in [5, 5.41) is 2.91. The Labute approximate surface area is 160 Å². The lowest BCUT2D eigenvalue weighted by atomic mass is 9.78. The quantitative estimate of drug-likeness (QED) is 0.845. The number of carbonyl (C=O) groups is 1. The second kappa shape index (κ2) is 8.24. The molecule has 1 aromatic rings. The zero-order chi connectivity index (χ0) is 19.6. The number of morpholine rings is 1. The summed E-state index contributed by atoms with van der Waals surface area (Å²) < 4.78 is 46.3. The molecule has 1 saturated heterocycles. The first-order valence-electron chi connectivity index (χ1n) is 9.49. The third-order valence-corrected chi connectivity index (χ3v) is 7.71. The van der Waals surface area contributed by atoms with Crippen molar-refractivity contribution < 1.29 is 22.3 Å². The maximum Gasteiger partial charge on any atom is 0.254 e. The van der Waals surface area contributed by atoms with E-state index in [0.29, 0.717) is 25.0 Å². The van der Waals surface area contributed by atoms with Gasteiger partial charge in [0.2, 0.25) is 10.0 Å². The zero-order valence-electron chi connectivity index (χ0n) is 15.8. The lowest BCUT2D eigenvalue weighted by Gasteiger charge is -2.34. The molecule has 0 aromatic heterocycles. The van der Waals surface area contributed by atoms with Crippen LogP contribution in [0.2, 0.25) is 0 Å². The summed E-state index contributed by atoms with van der Waals surface area (Å²) in [6, 6.07) is 3.38. The molecule has 6 nitrogen and oxygen atoms in total. The van der Waals surface area contributed by atoms with Crippen LogP contribution in [-0.4, -0.2) is 51.0 Å². The minimum Gasteiger partial charge on any atom is -0.379 e. The van der Waals surface area contributed by atoms with Gasteiger partial charge in [0.25, 0.3) is 5.91 Å². The van der Waals surface area contributed by atoms with Crippen LogP contribution in [0.25, 0.3) is 0 Å². The molecule has 2 fully saturated rings. The number of halogens is 1. The van der Waals surface area contributed by atoms with Crippen LogP contribution < -0.4 is 5.32 Å². The highest BCUT2D eigenvalue weighted by molar-refractivity contribution is 7.89. The van der Waals surface area contributed by atoms with Gasteiger partial charge in [0, 0.05) is 19.1 Å². The normalized spacial score (nSPS) is 27.3. The molecule has 150 valence electrons. The monoisotopic (exact) mass is 398 g/mol. The fourth-order valence-corrected chi connectivity index (χ4v) is 5.24. The van der Waals surface area contributed by atoms with E-state index in [2.05, 4.69) is 19.2 Å².